The Kier molecular flexibility index (Phi) is 4.24. The van der Waals surface area contributed by atoms with E-state index in [0.717, 1.165) is 11.6 Å². The summed E-state index contributed by atoms with van der Waals surface area (Å²) in [4.78, 5) is 16.5. The molecule has 0 spiro atoms. The number of amides is 1. The van der Waals surface area contributed by atoms with E-state index in [9.17, 15) is 9.18 Å². The molecule has 2 N–H and O–H groups in total. The van der Waals surface area contributed by atoms with Crippen molar-refractivity contribution in [2.24, 2.45) is 0 Å². The minimum absolute atomic E-state index is 0.0912. The molecular formula is C17H15FN4O2. The molecule has 0 fully saturated rings. The van der Waals surface area contributed by atoms with Crippen molar-refractivity contribution in [3.05, 3.63) is 59.7 Å². The number of anilines is 1. The van der Waals surface area contributed by atoms with Crippen LogP contribution in [0, 0.1) is 12.7 Å². The SMILES string of the molecule is COc1ccc(C(=O)Nc2cccc(-c3n[nH]c(C)n3)c2)cc1F. The monoisotopic (exact) mass is 326 g/mol. The first-order valence-electron chi connectivity index (χ1n) is 7.21. The van der Waals surface area contributed by atoms with Crippen LogP contribution in [0.1, 0.15) is 16.2 Å². The van der Waals surface area contributed by atoms with Crippen molar-refractivity contribution in [1.29, 1.82) is 0 Å². The molecule has 0 unspecified atom stereocenters. The van der Waals surface area contributed by atoms with Gasteiger partial charge in [0.15, 0.2) is 17.4 Å². The number of nitrogens with zero attached hydrogens (tertiary/aromatic N) is 2. The topological polar surface area (TPSA) is 79.9 Å². The number of aromatic amines is 1. The maximum absolute atomic E-state index is 13.7. The number of hydrogen-bond acceptors (Lipinski definition) is 4. The van der Waals surface area contributed by atoms with Crippen molar-refractivity contribution >= 4 is 11.6 Å². The van der Waals surface area contributed by atoms with E-state index in [1.54, 1.807) is 25.1 Å². The molecule has 1 aromatic heterocycles. The van der Waals surface area contributed by atoms with Crippen LogP contribution in [0.2, 0.25) is 0 Å². The Labute approximate surface area is 137 Å². The van der Waals surface area contributed by atoms with E-state index < -0.39 is 11.7 Å². The maximum atomic E-state index is 13.7. The molecule has 0 aliphatic heterocycles. The molecule has 1 heterocycles. The predicted octanol–water partition coefficient (Wildman–Crippen LogP) is 3.18. The number of carbonyl (C=O) groups is 1. The predicted molar refractivity (Wildman–Crippen MR) is 87.5 cm³/mol. The Balaban J connectivity index is 1.81. The third-order valence-corrected chi connectivity index (χ3v) is 3.39. The second-order valence-electron chi connectivity index (χ2n) is 5.13. The third-order valence-electron chi connectivity index (χ3n) is 3.39. The average Bonchev–Trinajstić information content (AvgIpc) is 3.01. The van der Waals surface area contributed by atoms with Crippen LogP contribution in [0.4, 0.5) is 10.1 Å². The van der Waals surface area contributed by atoms with Gasteiger partial charge in [0.05, 0.1) is 7.11 Å². The minimum Gasteiger partial charge on any atom is -0.494 e. The highest BCUT2D eigenvalue weighted by Crippen LogP contribution is 2.21. The molecule has 0 saturated heterocycles. The molecule has 0 saturated carbocycles. The summed E-state index contributed by atoms with van der Waals surface area (Å²) in [6.07, 6.45) is 0. The lowest BCUT2D eigenvalue weighted by atomic mass is 10.1. The van der Waals surface area contributed by atoms with Gasteiger partial charge in [0, 0.05) is 16.8 Å². The largest absolute Gasteiger partial charge is 0.494 e. The molecule has 1 amide bonds. The van der Waals surface area contributed by atoms with Gasteiger partial charge in [-0.05, 0) is 37.3 Å². The summed E-state index contributed by atoms with van der Waals surface area (Å²) in [5.74, 6) is 0.329. The second kappa shape index (κ2) is 6.49. The fourth-order valence-corrected chi connectivity index (χ4v) is 2.22. The van der Waals surface area contributed by atoms with Gasteiger partial charge < -0.3 is 10.1 Å². The first-order chi connectivity index (χ1) is 11.6. The van der Waals surface area contributed by atoms with Crippen LogP contribution in [0.15, 0.2) is 42.5 Å². The van der Waals surface area contributed by atoms with Crippen molar-refractivity contribution in [2.45, 2.75) is 6.92 Å². The number of halogens is 1. The number of ether oxygens (including phenoxy) is 1. The highest BCUT2D eigenvalue weighted by Gasteiger charge is 2.11. The normalized spacial score (nSPS) is 10.5. The van der Waals surface area contributed by atoms with Gasteiger partial charge in [-0.1, -0.05) is 12.1 Å². The van der Waals surface area contributed by atoms with Crippen LogP contribution in [-0.2, 0) is 0 Å². The third kappa shape index (κ3) is 3.24. The zero-order chi connectivity index (χ0) is 17.1. The molecule has 0 aliphatic carbocycles. The summed E-state index contributed by atoms with van der Waals surface area (Å²) in [6, 6.07) is 11.2. The van der Waals surface area contributed by atoms with Gasteiger partial charge in [-0.15, -0.1) is 0 Å². The van der Waals surface area contributed by atoms with E-state index in [4.69, 9.17) is 4.74 Å². The number of carbonyl (C=O) groups excluding carboxylic acids is 1. The lowest BCUT2D eigenvalue weighted by molar-refractivity contribution is 0.102. The molecule has 0 atom stereocenters. The first-order valence-corrected chi connectivity index (χ1v) is 7.21. The number of aromatic nitrogens is 3. The van der Waals surface area contributed by atoms with Crippen LogP contribution in [0.25, 0.3) is 11.4 Å². The van der Waals surface area contributed by atoms with E-state index in [0.29, 0.717) is 17.3 Å². The lowest BCUT2D eigenvalue weighted by Crippen LogP contribution is -2.12. The lowest BCUT2D eigenvalue weighted by Gasteiger charge is -2.08. The number of aryl methyl sites for hydroxylation is 1. The number of nitrogens with one attached hydrogen (secondary N) is 2. The fraction of sp³-hybridized carbons (Fsp3) is 0.118. The van der Waals surface area contributed by atoms with E-state index in [1.807, 2.05) is 6.07 Å². The first kappa shape index (κ1) is 15.7. The van der Waals surface area contributed by atoms with Crippen molar-refractivity contribution < 1.29 is 13.9 Å². The molecule has 7 heteroatoms. The summed E-state index contributed by atoms with van der Waals surface area (Å²) in [5.41, 5.74) is 1.53. The zero-order valence-corrected chi connectivity index (χ0v) is 13.1. The van der Waals surface area contributed by atoms with E-state index in [2.05, 4.69) is 20.5 Å². The van der Waals surface area contributed by atoms with Gasteiger partial charge in [-0.3, -0.25) is 9.89 Å². The number of H-pyrrole nitrogens is 1. The highest BCUT2D eigenvalue weighted by molar-refractivity contribution is 6.04. The van der Waals surface area contributed by atoms with Gasteiger partial charge in [0.25, 0.3) is 5.91 Å². The Morgan fingerprint density at radius 3 is 2.75 bits per heavy atom. The van der Waals surface area contributed by atoms with Crippen molar-refractivity contribution in [3.63, 3.8) is 0 Å². The van der Waals surface area contributed by atoms with E-state index in [1.165, 1.54) is 19.2 Å². The Bertz CT molecular complexity index is 892. The smallest absolute Gasteiger partial charge is 0.255 e. The fourth-order valence-electron chi connectivity index (χ4n) is 2.22. The summed E-state index contributed by atoms with van der Waals surface area (Å²) in [6.45, 7) is 1.81. The maximum Gasteiger partial charge on any atom is 0.255 e. The summed E-state index contributed by atoms with van der Waals surface area (Å²) in [7, 11) is 1.37. The molecule has 2 aromatic carbocycles. The molecule has 0 radical (unpaired) electrons. The molecule has 3 aromatic rings. The molecule has 0 bridgehead atoms. The van der Waals surface area contributed by atoms with Crippen molar-refractivity contribution in [3.8, 4) is 17.1 Å². The van der Waals surface area contributed by atoms with Gasteiger partial charge in [-0.25, -0.2) is 9.37 Å². The zero-order valence-electron chi connectivity index (χ0n) is 13.1. The quantitative estimate of drug-likeness (QED) is 0.772. The Morgan fingerprint density at radius 1 is 1.25 bits per heavy atom. The number of rotatable bonds is 4. The summed E-state index contributed by atoms with van der Waals surface area (Å²) in [5, 5.41) is 9.58. The number of benzene rings is 2. The van der Waals surface area contributed by atoms with Crippen LogP contribution in [-0.4, -0.2) is 28.2 Å². The number of hydrogen-bond donors (Lipinski definition) is 2. The summed E-state index contributed by atoms with van der Waals surface area (Å²) < 4.78 is 18.6. The van der Waals surface area contributed by atoms with Crippen LogP contribution >= 0.6 is 0 Å². The van der Waals surface area contributed by atoms with Gasteiger partial charge >= 0.3 is 0 Å². The van der Waals surface area contributed by atoms with Crippen molar-refractivity contribution in [2.75, 3.05) is 12.4 Å². The minimum atomic E-state index is -0.588. The standard InChI is InChI=1S/C17H15FN4O2/c1-10-19-16(22-21-10)11-4-3-5-13(8-11)20-17(23)12-6-7-15(24-2)14(18)9-12/h3-9H,1-2H3,(H,20,23)(H,19,21,22). The van der Waals surface area contributed by atoms with Crippen molar-refractivity contribution in [1.82, 2.24) is 15.2 Å². The van der Waals surface area contributed by atoms with Crippen LogP contribution < -0.4 is 10.1 Å². The molecule has 3 rings (SSSR count). The average molecular weight is 326 g/mol. The summed E-state index contributed by atoms with van der Waals surface area (Å²) >= 11 is 0. The second-order valence-corrected chi connectivity index (χ2v) is 5.13. The van der Waals surface area contributed by atoms with Crippen LogP contribution in [0.3, 0.4) is 0 Å². The van der Waals surface area contributed by atoms with Gasteiger partial charge in [0.1, 0.15) is 5.82 Å². The molecule has 122 valence electrons. The van der Waals surface area contributed by atoms with Gasteiger partial charge in [0.2, 0.25) is 0 Å². The molecule has 6 nitrogen and oxygen atoms in total. The Morgan fingerprint density at radius 2 is 2.08 bits per heavy atom. The Hall–Kier alpha value is -3.22. The molecule has 24 heavy (non-hydrogen) atoms. The molecule has 0 aliphatic rings. The van der Waals surface area contributed by atoms with Gasteiger partial charge in [-0.2, -0.15) is 5.10 Å². The van der Waals surface area contributed by atoms with Crippen LogP contribution in [0.5, 0.6) is 5.75 Å². The van der Waals surface area contributed by atoms with E-state index in [-0.39, 0.29) is 11.3 Å². The number of methoxy groups -OCH3 is 1. The molecular weight excluding hydrogens is 311 g/mol. The van der Waals surface area contributed by atoms with E-state index >= 15 is 0 Å². The highest BCUT2D eigenvalue weighted by atomic mass is 19.1.